The molecule has 2 unspecified atom stereocenters. The summed E-state index contributed by atoms with van der Waals surface area (Å²) in [7, 11) is 0. The molecule has 0 spiro atoms. The van der Waals surface area contributed by atoms with Crippen molar-refractivity contribution in [1.29, 1.82) is 0 Å². The number of thiazole rings is 1. The van der Waals surface area contributed by atoms with Gasteiger partial charge in [-0.1, -0.05) is 13.3 Å². The van der Waals surface area contributed by atoms with E-state index in [2.05, 4.69) is 24.1 Å². The molecule has 2 rings (SSSR count). The summed E-state index contributed by atoms with van der Waals surface area (Å²) in [5.41, 5.74) is 3.11. The molecular weight excluding hydrogens is 180 g/mol. The molecule has 0 amide bonds. The van der Waals surface area contributed by atoms with Gasteiger partial charge >= 0.3 is 0 Å². The average Bonchev–Trinajstić information content (AvgIpc) is 2.79. The Morgan fingerprint density at radius 1 is 1.69 bits per heavy atom. The van der Waals surface area contributed by atoms with Crippen LogP contribution in [0, 0.1) is 12.8 Å². The highest BCUT2D eigenvalue weighted by Crippen LogP contribution is 2.33. The van der Waals surface area contributed by atoms with Gasteiger partial charge in [0.25, 0.3) is 0 Å². The third-order valence-electron chi connectivity index (χ3n) is 2.82. The van der Waals surface area contributed by atoms with Crippen LogP contribution in [0.3, 0.4) is 0 Å². The second-order valence-electron chi connectivity index (χ2n) is 3.75. The first kappa shape index (κ1) is 9.16. The monoisotopic (exact) mass is 196 g/mol. The van der Waals surface area contributed by atoms with E-state index < -0.39 is 0 Å². The summed E-state index contributed by atoms with van der Waals surface area (Å²) in [5, 5.41) is 3.57. The maximum Gasteiger partial charge on any atom is 0.0798 e. The van der Waals surface area contributed by atoms with Crippen LogP contribution in [0.4, 0.5) is 0 Å². The van der Waals surface area contributed by atoms with E-state index in [1.165, 1.54) is 23.4 Å². The van der Waals surface area contributed by atoms with E-state index in [1.807, 2.05) is 5.51 Å². The lowest BCUT2D eigenvalue weighted by molar-refractivity contribution is 0.625. The quantitative estimate of drug-likeness (QED) is 0.799. The average molecular weight is 196 g/mol. The van der Waals surface area contributed by atoms with E-state index in [4.69, 9.17) is 0 Å². The van der Waals surface area contributed by atoms with Gasteiger partial charge in [0.05, 0.1) is 11.2 Å². The van der Waals surface area contributed by atoms with Gasteiger partial charge in [-0.3, -0.25) is 0 Å². The number of hydrogen-bond acceptors (Lipinski definition) is 3. The molecule has 1 N–H and O–H groups in total. The van der Waals surface area contributed by atoms with Gasteiger partial charge in [0.2, 0.25) is 0 Å². The first-order valence-corrected chi connectivity index (χ1v) is 5.81. The summed E-state index contributed by atoms with van der Waals surface area (Å²) < 4.78 is 0. The molecule has 0 aliphatic heterocycles. The normalized spacial score (nSPS) is 26.3. The van der Waals surface area contributed by atoms with Crippen LogP contribution in [-0.2, 0) is 6.54 Å². The van der Waals surface area contributed by atoms with Crippen LogP contribution >= 0.6 is 11.3 Å². The summed E-state index contributed by atoms with van der Waals surface area (Å²) in [6.07, 6.45) is 2.69. The van der Waals surface area contributed by atoms with Crippen molar-refractivity contribution in [2.24, 2.45) is 5.92 Å². The Kier molecular flexibility index (Phi) is 2.65. The number of aromatic nitrogens is 1. The Morgan fingerprint density at radius 3 is 3.08 bits per heavy atom. The molecule has 2 nitrogen and oxygen atoms in total. The predicted molar refractivity (Wildman–Crippen MR) is 55.9 cm³/mol. The van der Waals surface area contributed by atoms with E-state index >= 15 is 0 Å². The molecule has 1 aromatic heterocycles. The van der Waals surface area contributed by atoms with Gasteiger partial charge < -0.3 is 5.32 Å². The fourth-order valence-corrected chi connectivity index (χ4v) is 2.40. The van der Waals surface area contributed by atoms with Crippen molar-refractivity contribution >= 4 is 11.3 Å². The number of hydrogen-bond donors (Lipinski definition) is 1. The first-order valence-electron chi connectivity index (χ1n) is 4.93. The summed E-state index contributed by atoms with van der Waals surface area (Å²) >= 11 is 1.75. The Labute approximate surface area is 83.4 Å². The second-order valence-corrected chi connectivity index (χ2v) is 4.69. The third kappa shape index (κ3) is 2.09. The fraction of sp³-hybridized carbons (Fsp3) is 0.700. The standard InChI is InChI=1S/C10H16N2S/c1-3-8-4-9(8)11-5-10-7(2)12-6-13-10/h6,8-9,11H,3-5H2,1-2H3. The van der Waals surface area contributed by atoms with Crippen LogP contribution in [-0.4, -0.2) is 11.0 Å². The summed E-state index contributed by atoms with van der Waals surface area (Å²) in [4.78, 5) is 5.62. The van der Waals surface area contributed by atoms with Crippen molar-refractivity contribution in [3.05, 3.63) is 16.1 Å². The zero-order chi connectivity index (χ0) is 9.26. The minimum absolute atomic E-state index is 0.784. The van der Waals surface area contributed by atoms with Crippen molar-refractivity contribution in [3.8, 4) is 0 Å². The van der Waals surface area contributed by atoms with Gasteiger partial charge in [-0.25, -0.2) is 4.98 Å². The molecule has 0 aromatic carbocycles. The Hall–Kier alpha value is -0.410. The van der Waals surface area contributed by atoms with Crippen LogP contribution in [0.25, 0.3) is 0 Å². The summed E-state index contributed by atoms with van der Waals surface area (Å²) in [6, 6.07) is 0.784. The largest absolute Gasteiger partial charge is 0.309 e. The molecule has 1 heterocycles. The van der Waals surface area contributed by atoms with Gasteiger partial charge in [-0.15, -0.1) is 11.3 Å². The first-order chi connectivity index (χ1) is 6.31. The lowest BCUT2D eigenvalue weighted by Crippen LogP contribution is -2.17. The molecule has 1 aliphatic carbocycles. The van der Waals surface area contributed by atoms with E-state index in [9.17, 15) is 0 Å². The third-order valence-corrected chi connectivity index (χ3v) is 3.75. The van der Waals surface area contributed by atoms with Crippen molar-refractivity contribution in [1.82, 2.24) is 10.3 Å². The zero-order valence-corrected chi connectivity index (χ0v) is 9.03. The van der Waals surface area contributed by atoms with Gasteiger partial charge in [-0.05, 0) is 19.3 Å². The van der Waals surface area contributed by atoms with Crippen LogP contribution in [0.5, 0.6) is 0 Å². The van der Waals surface area contributed by atoms with Crippen LogP contribution in [0.1, 0.15) is 30.3 Å². The maximum absolute atomic E-state index is 4.23. The minimum Gasteiger partial charge on any atom is -0.309 e. The summed E-state index contributed by atoms with van der Waals surface area (Å²) in [5.74, 6) is 0.938. The molecule has 1 fully saturated rings. The molecule has 0 bridgehead atoms. The van der Waals surface area contributed by atoms with Gasteiger partial charge in [0.1, 0.15) is 0 Å². The fourth-order valence-electron chi connectivity index (χ4n) is 1.67. The van der Waals surface area contributed by atoms with Gasteiger partial charge in [0.15, 0.2) is 0 Å². The van der Waals surface area contributed by atoms with E-state index in [1.54, 1.807) is 11.3 Å². The molecule has 2 atom stereocenters. The maximum atomic E-state index is 4.23. The van der Waals surface area contributed by atoms with Gasteiger partial charge in [-0.2, -0.15) is 0 Å². The van der Waals surface area contributed by atoms with Crippen LogP contribution < -0.4 is 5.32 Å². The second kappa shape index (κ2) is 3.76. The lowest BCUT2D eigenvalue weighted by atomic mass is 10.3. The predicted octanol–water partition coefficient (Wildman–Crippen LogP) is 2.34. The Balaban J connectivity index is 1.78. The number of aryl methyl sites for hydroxylation is 1. The topological polar surface area (TPSA) is 24.9 Å². The molecular formula is C10H16N2S. The zero-order valence-electron chi connectivity index (χ0n) is 8.21. The summed E-state index contributed by atoms with van der Waals surface area (Å²) in [6.45, 7) is 5.36. The highest BCUT2D eigenvalue weighted by molar-refractivity contribution is 7.09. The van der Waals surface area contributed by atoms with Gasteiger partial charge in [0, 0.05) is 17.5 Å². The van der Waals surface area contributed by atoms with Crippen molar-refractivity contribution < 1.29 is 0 Å². The lowest BCUT2D eigenvalue weighted by Gasteiger charge is -2.01. The molecule has 1 aliphatic rings. The van der Waals surface area contributed by atoms with Crippen molar-refractivity contribution in [3.63, 3.8) is 0 Å². The Bertz CT molecular complexity index is 282. The van der Waals surface area contributed by atoms with Crippen molar-refractivity contribution in [2.45, 2.75) is 39.3 Å². The van der Waals surface area contributed by atoms with E-state index in [-0.39, 0.29) is 0 Å². The van der Waals surface area contributed by atoms with E-state index in [0.717, 1.165) is 18.5 Å². The highest BCUT2D eigenvalue weighted by atomic mass is 32.1. The molecule has 1 aromatic rings. The number of nitrogens with zero attached hydrogens (tertiary/aromatic N) is 1. The molecule has 3 heteroatoms. The van der Waals surface area contributed by atoms with E-state index in [0.29, 0.717) is 0 Å². The molecule has 0 radical (unpaired) electrons. The van der Waals surface area contributed by atoms with Crippen LogP contribution in [0.2, 0.25) is 0 Å². The molecule has 1 saturated carbocycles. The Morgan fingerprint density at radius 2 is 2.54 bits per heavy atom. The minimum atomic E-state index is 0.784. The molecule has 0 saturated heterocycles. The molecule has 13 heavy (non-hydrogen) atoms. The number of nitrogens with one attached hydrogen (secondary N) is 1. The smallest absolute Gasteiger partial charge is 0.0798 e. The SMILES string of the molecule is CCC1CC1NCc1scnc1C. The van der Waals surface area contributed by atoms with Crippen LogP contribution in [0.15, 0.2) is 5.51 Å². The molecule has 72 valence electrons. The number of rotatable bonds is 4. The highest BCUT2D eigenvalue weighted by Gasteiger charge is 2.34. The van der Waals surface area contributed by atoms with Crippen molar-refractivity contribution in [2.75, 3.05) is 0 Å².